The van der Waals surface area contributed by atoms with Crippen LogP contribution < -0.4 is 0 Å². The molecular formula is C6H9FN4. The summed E-state index contributed by atoms with van der Waals surface area (Å²) in [6.45, 7) is 0.615. The summed E-state index contributed by atoms with van der Waals surface area (Å²) >= 11 is 0. The summed E-state index contributed by atoms with van der Waals surface area (Å²) in [5, 5.41) is 11.0. The zero-order valence-corrected chi connectivity index (χ0v) is 6.07. The first kappa shape index (κ1) is 6.69. The molecule has 60 valence electrons. The number of alkyl halides is 1. The van der Waals surface area contributed by atoms with Crippen molar-refractivity contribution in [3.63, 3.8) is 0 Å². The Hall–Kier alpha value is -1.00. The van der Waals surface area contributed by atoms with Gasteiger partial charge in [-0.25, -0.2) is 9.07 Å². The lowest BCUT2D eigenvalue weighted by Gasteiger charge is -1.99. The van der Waals surface area contributed by atoms with Crippen LogP contribution in [0.4, 0.5) is 4.39 Å². The van der Waals surface area contributed by atoms with Crippen LogP contribution in [0.25, 0.3) is 0 Å². The van der Waals surface area contributed by atoms with E-state index >= 15 is 0 Å². The van der Waals surface area contributed by atoms with Gasteiger partial charge in [0.15, 0.2) is 5.82 Å². The third-order valence-electron chi connectivity index (χ3n) is 1.94. The van der Waals surface area contributed by atoms with E-state index in [9.17, 15) is 4.39 Å². The second-order valence-corrected chi connectivity index (χ2v) is 2.74. The van der Waals surface area contributed by atoms with E-state index in [1.807, 2.05) is 0 Å². The highest BCUT2D eigenvalue weighted by molar-refractivity contribution is 4.84. The molecule has 4 nitrogen and oxygen atoms in total. The Morgan fingerprint density at radius 3 is 3.27 bits per heavy atom. The first-order chi connectivity index (χ1) is 5.36. The standard InChI is InChI=1S/C6H9FN4/c7-5-1-2-6-8-9-10-11(6)4-3-5/h5H,1-4H2. The fraction of sp³-hybridized carbons (Fsp3) is 0.833. The first-order valence-electron chi connectivity index (χ1n) is 3.75. The van der Waals surface area contributed by atoms with Crippen LogP contribution in [0, 0.1) is 0 Å². The Morgan fingerprint density at radius 1 is 1.45 bits per heavy atom. The van der Waals surface area contributed by atoms with Gasteiger partial charge in [-0.15, -0.1) is 5.10 Å². The molecule has 0 fully saturated rings. The molecule has 1 aliphatic heterocycles. The summed E-state index contributed by atoms with van der Waals surface area (Å²) in [6.07, 6.45) is 1.06. The molecule has 0 N–H and O–H groups in total. The molecule has 0 aromatic carbocycles. The predicted molar refractivity (Wildman–Crippen MR) is 35.7 cm³/mol. The summed E-state index contributed by atoms with van der Waals surface area (Å²) in [5.41, 5.74) is 0. The van der Waals surface area contributed by atoms with Crippen LogP contribution in [0.3, 0.4) is 0 Å². The van der Waals surface area contributed by atoms with E-state index in [1.54, 1.807) is 4.68 Å². The van der Waals surface area contributed by atoms with Crippen LogP contribution in [0.15, 0.2) is 0 Å². The van der Waals surface area contributed by atoms with Crippen molar-refractivity contribution in [2.45, 2.75) is 32.0 Å². The van der Waals surface area contributed by atoms with Crippen molar-refractivity contribution in [2.75, 3.05) is 0 Å². The summed E-state index contributed by atoms with van der Waals surface area (Å²) in [6, 6.07) is 0. The minimum Gasteiger partial charge on any atom is -0.247 e. The van der Waals surface area contributed by atoms with Gasteiger partial charge in [0.25, 0.3) is 0 Å². The van der Waals surface area contributed by atoms with Crippen LogP contribution >= 0.6 is 0 Å². The van der Waals surface area contributed by atoms with Gasteiger partial charge in [0.1, 0.15) is 6.17 Å². The summed E-state index contributed by atoms with van der Waals surface area (Å²) < 4.78 is 14.5. The fourth-order valence-electron chi connectivity index (χ4n) is 1.27. The molecule has 0 radical (unpaired) electrons. The van der Waals surface area contributed by atoms with Crippen molar-refractivity contribution in [3.8, 4) is 0 Å². The Kier molecular flexibility index (Phi) is 1.56. The quantitative estimate of drug-likeness (QED) is 0.544. The number of halogens is 1. The highest BCUT2D eigenvalue weighted by atomic mass is 19.1. The average molecular weight is 156 g/mol. The molecule has 2 heterocycles. The summed E-state index contributed by atoms with van der Waals surface area (Å²) in [5.74, 6) is 0.810. The van der Waals surface area contributed by atoms with Gasteiger partial charge in [0.05, 0.1) is 0 Å². The van der Waals surface area contributed by atoms with Crippen molar-refractivity contribution in [3.05, 3.63) is 5.82 Å². The number of aromatic nitrogens is 4. The molecule has 11 heavy (non-hydrogen) atoms. The van der Waals surface area contributed by atoms with Gasteiger partial charge in [0, 0.05) is 13.0 Å². The van der Waals surface area contributed by atoms with Gasteiger partial charge in [-0.1, -0.05) is 0 Å². The van der Waals surface area contributed by atoms with Crippen molar-refractivity contribution in [1.82, 2.24) is 20.2 Å². The minimum absolute atomic E-state index is 0.540. The average Bonchev–Trinajstić information content (AvgIpc) is 2.38. The molecule has 0 saturated heterocycles. The van der Waals surface area contributed by atoms with Crippen molar-refractivity contribution in [1.29, 1.82) is 0 Å². The lowest BCUT2D eigenvalue weighted by Crippen LogP contribution is -2.04. The van der Waals surface area contributed by atoms with E-state index in [-0.39, 0.29) is 0 Å². The van der Waals surface area contributed by atoms with E-state index < -0.39 is 6.17 Å². The summed E-state index contributed by atoms with van der Waals surface area (Å²) in [4.78, 5) is 0. The maximum Gasteiger partial charge on any atom is 0.151 e. The number of rotatable bonds is 0. The van der Waals surface area contributed by atoms with Crippen molar-refractivity contribution < 1.29 is 4.39 Å². The molecule has 1 aromatic heterocycles. The lowest BCUT2D eigenvalue weighted by atomic mass is 10.2. The third-order valence-corrected chi connectivity index (χ3v) is 1.94. The van der Waals surface area contributed by atoms with E-state index in [0.29, 0.717) is 25.8 Å². The number of hydrogen-bond acceptors (Lipinski definition) is 3. The maximum atomic E-state index is 12.8. The molecule has 2 rings (SSSR count). The fourth-order valence-corrected chi connectivity index (χ4v) is 1.27. The Bertz CT molecular complexity index is 224. The Balaban J connectivity index is 2.20. The van der Waals surface area contributed by atoms with Gasteiger partial charge in [-0.2, -0.15) is 0 Å². The second kappa shape index (κ2) is 2.56. The van der Waals surface area contributed by atoms with Gasteiger partial charge in [-0.3, -0.25) is 0 Å². The highest BCUT2D eigenvalue weighted by Crippen LogP contribution is 2.13. The van der Waals surface area contributed by atoms with E-state index in [2.05, 4.69) is 15.5 Å². The zero-order chi connectivity index (χ0) is 7.68. The maximum absolute atomic E-state index is 12.8. The number of hydrogen-bond donors (Lipinski definition) is 0. The van der Waals surface area contributed by atoms with E-state index in [1.165, 1.54) is 0 Å². The minimum atomic E-state index is -0.696. The van der Waals surface area contributed by atoms with E-state index in [4.69, 9.17) is 0 Å². The lowest BCUT2D eigenvalue weighted by molar-refractivity contribution is 0.292. The highest BCUT2D eigenvalue weighted by Gasteiger charge is 2.16. The molecule has 1 unspecified atom stereocenters. The molecule has 0 aliphatic carbocycles. The molecule has 0 bridgehead atoms. The van der Waals surface area contributed by atoms with Crippen molar-refractivity contribution >= 4 is 0 Å². The number of fused-ring (bicyclic) bond motifs is 1. The zero-order valence-electron chi connectivity index (χ0n) is 6.07. The molecule has 0 amide bonds. The predicted octanol–water partition coefficient (Wildman–Crippen LogP) is 0.347. The van der Waals surface area contributed by atoms with Gasteiger partial charge >= 0.3 is 0 Å². The van der Waals surface area contributed by atoms with Crippen LogP contribution in [0.2, 0.25) is 0 Å². The smallest absolute Gasteiger partial charge is 0.151 e. The van der Waals surface area contributed by atoms with Crippen LogP contribution in [-0.2, 0) is 13.0 Å². The van der Waals surface area contributed by atoms with Gasteiger partial charge in [-0.05, 0) is 23.3 Å². The first-order valence-corrected chi connectivity index (χ1v) is 3.75. The second-order valence-electron chi connectivity index (χ2n) is 2.74. The molecule has 1 atom stereocenters. The van der Waals surface area contributed by atoms with Crippen LogP contribution in [-0.4, -0.2) is 26.4 Å². The van der Waals surface area contributed by atoms with Crippen molar-refractivity contribution in [2.24, 2.45) is 0 Å². The SMILES string of the molecule is FC1CCc2nnnn2CC1. The third kappa shape index (κ3) is 1.22. The monoisotopic (exact) mass is 156 g/mol. The van der Waals surface area contributed by atoms with Crippen LogP contribution in [0.5, 0.6) is 0 Å². The van der Waals surface area contributed by atoms with Gasteiger partial charge in [0.2, 0.25) is 0 Å². The molecule has 5 heteroatoms. The number of nitrogens with zero attached hydrogens (tertiary/aromatic N) is 4. The number of aryl methyl sites for hydroxylation is 2. The van der Waals surface area contributed by atoms with E-state index in [0.717, 1.165) is 5.82 Å². The molecule has 0 spiro atoms. The molecule has 1 aliphatic rings. The largest absolute Gasteiger partial charge is 0.247 e. The molecule has 1 aromatic rings. The Morgan fingerprint density at radius 2 is 2.36 bits per heavy atom. The van der Waals surface area contributed by atoms with Gasteiger partial charge < -0.3 is 0 Å². The molecule has 0 saturated carbocycles. The van der Waals surface area contributed by atoms with Crippen LogP contribution in [0.1, 0.15) is 18.7 Å². The topological polar surface area (TPSA) is 43.6 Å². The molecular weight excluding hydrogens is 147 g/mol. The summed E-state index contributed by atoms with van der Waals surface area (Å²) in [7, 11) is 0. The number of tetrazole rings is 1. The normalized spacial score (nSPS) is 24.3. The Labute approximate surface area is 63.4 Å².